The molecule has 6 nitrogen and oxygen atoms in total. The lowest BCUT2D eigenvalue weighted by Crippen LogP contribution is -2.46. The van der Waals surface area contributed by atoms with Crippen LogP contribution in [0, 0.1) is 5.82 Å². The zero-order valence-corrected chi connectivity index (χ0v) is 11.5. The largest absolute Gasteiger partial charge is 0.481 e. The van der Waals surface area contributed by atoms with Crippen LogP contribution in [0.2, 0.25) is 0 Å². The molecule has 0 saturated carbocycles. The van der Waals surface area contributed by atoms with Gasteiger partial charge in [-0.2, -0.15) is 0 Å². The van der Waals surface area contributed by atoms with Crippen LogP contribution < -0.4 is 0 Å². The zero-order valence-electron chi connectivity index (χ0n) is 11.5. The number of amides is 1. The molecule has 7 heteroatoms. The summed E-state index contributed by atoms with van der Waals surface area (Å²) >= 11 is 0. The van der Waals surface area contributed by atoms with E-state index in [4.69, 9.17) is 10.2 Å². The number of benzene rings is 1. The summed E-state index contributed by atoms with van der Waals surface area (Å²) in [6.07, 6.45) is -0.320. The minimum atomic E-state index is -1.26. The maximum Gasteiger partial charge on any atom is 0.326 e. The highest BCUT2D eigenvalue weighted by molar-refractivity contribution is 5.97. The summed E-state index contributed by atoms with van der Waals surface area (Å²) < 4.78 is 13.7. The van der Waals surface area contributed by atoms with E-state index in [1.54, 1.807) is 6.92 Å². The minimum Gasteiger partial charge on any atom is -0.481 e. The molecule has 0 aliphatic rings. The van der Waals surface area contributed by atoms with E-state index in [0.29, 0.717) is 0 Å². The Balaban J connectivity index is 3.10. The lowest BCUT2D eigenvalue weighted by Gasteiger charge is -2.28. The van der Waals surface area contributed by atoms with Crippen molar-refractivity contribution < 1.29 is 29.0 Å². The number of halogens is 1. The summed E-state index contributed by atoms with van der Waals surface area (Å²) in [6, 6.07) is 3.98. The highest BCUT2D eigenvalue weighted by atomic mass is 19.1. The van der Waals surface area contributed by atoms with Crippen LogP contribution in [0.1, 0.15) is 30.1 Å². The molecule has 0 aliphatic carbocycles. The fraction of sp³-hybridized carbons (Fsp3) is 0.357. The first-order chi connectivity index (χ1) is 9.88. The number of carboxylic acids is 2. The molecule has 1 amide bonds. The van der Waals surface area contributed by atoms with Gasteiger partial charge in [-0.15, -0.1) is 0 Å². The number of aliphatic carboxylic acids is 2. The standard InChI is InChI=1S/C14H16FNO5/c1-2-11(14(20)21)16(8-7-12(17)18)13(19)9-5-3-4-6-10(9)15/h3-6,11H,2,7-8H2,1H3,(H,17,18)(H,20,21). The van der Waals surface area contributed by atoms with Gasteiger partial charge in [0.05, 0.1) is 12.0 Å². The lowest BCUT2D eigenvalue weighted by molar-refractivity contribution is -0.144. The van der Waals surface area contributed by atoms with E-state index in [9.17, 15) is 18.8 Å². The molecule has 1 unspecified atom stereocenters. The Morgan fingerprint density at radius 1 is 1.24 bits per heavy atom. The normalized spacial score (nSPS) is 11.7. The number of carbonyl (C=O) groups excluding carboxylic acids is 1. The van der Waals surface area contributed by atoms with Gasteiger partial charge in [-0.05, 0) is 18.6 Å². The van der Waals surface area contributed by atoms with Gasteiger partial charge in [0.1, 0.15) is 11.9 Å². The number of carbonyl (C=O) groups is 3. The van der Waals surface area contributed by atoms with Crippen molar-refractivity contribution >= 4 is 17.8 Å². The second-order valence-corrected chi connectivity index (χ2v) is 4.38. The molecule has 0 fully saturated rings. The van der Waals surface area contributed by atoms with Gasteiger partial charge in [-0.3, -0.25) is 9.59 Å². The van der Waals surface area contributed by atoms with Crippen molar-refractivity contribution in [1.29, 1.82) is 0 Å². The summed E-state index contributed by atoms with van der Waals surface area (Å²) in [5.41, 5.74) is -0.275. The van der Waals surface area contributed by atoms with Crippen LogP contribution in [0.3, 0.4) is 0 Å². The third kappa shape index (κ3) is 4.27. The van der Waals surface area contributed by atoms with Crippen LogP contribution >= 0.6 is 0 Å². The zero-order chi connectivity index (χ0) is 16.0. The van der Waals surface area contributed by atoms with E-state index >= 15 is 0 Å². The number of hydrogen-bond acceptors (Lipinski definition) is 3. The van der Waals surface area contributed by atoms with Crippen molar-refractivity contribution in [3.8, 4) is 0 Å². The number of rotatable bonds is 7. The molecule has 2 N–H and O–H groups in total. The van der Waals surface area contributed by atoms with Gasteiger partial charge in [-0.1, -0.05) is 19.1 Å². The first-order valence-electron chi connectivity index (χ1n) is 6.38. The average Bonchev–Trinajstić information content (AvgIpc) is 2.42. The molecule has 21 heavy (non-hydrogen) atoms. The molecule has 0 radical (unpaired) electrons. The van der Waals surface area contributed by atoms with Gasteiger partial charge in [0.25, 0.3) is 5.91 Å². The van der Waals surface area contributed by atoms with Gasteiger partial charge in [0.2, 0.25) is 0 Å². The molecule has 1 rings (SSSR count). The predicted molar refractivity (Wildman–Crippen MR) is 71.4 cm³/mol. The van der Waals surface area contributed by atoms with Gasteiger partial charge in [-0.25, -0.2) is 9.18 Å². The first-order valence-corrected chi connectivity index (χ1v) is 6.38. The van der Waals surface area contributed by atoms with Crippen molar-refractivity contribution in [2.75, 3.05) is 6.54 Å². The molecule has 0 spiro atoms. The maximum atomic E-state index is 13.7. The molecule has 0 saturated heterocycles. The van der Waals surface area contributed by atoms with E-state index in [0.717, 1.165) is 11.0 Å². The summed E-state index contributed by atoms with van der Waals surface area (Å²) in [7, 11) is 0. The Kier molecular flexibility index (Phi) is 5.83. The highest BCUT2D eigenvalue weighted by Gasteiger charge is 2.30. The Bertz CT molecular complexity index is 546. The fourth-order valence-corrected chi connectivity index (χ4v) is 1.93. The van der Waals surface area contributed by atoms with Crippen LogP contribution in [0.5, 0.6) is 0 Å². The van der Waals surface area contributed by atoms with Crippen molar-refractivity contribution in [3.05, 3.63) is 35.6 Å². The Morgan fingerprint density at radius 2 is 1.86 bits per heavy atom. The summed E-state index contributed by atoms with van der Waals surface area (Å²) in [5, 5.41) is 17.8. The number of nitrogens with zero attached hydrogens (tertiary/aromatic N) is 1. The number of hydrogen-bond donors (Lipinski definition) is 2. The van der Waals surface area contributed by atoms with Crippen LogP contribution in [-0.4, -0.2) is 45.5 Å². The Labute approximate surface area is 120 Å². The molecule has 0 bridgehead atoms. The van der Waals surface area contributed by atoms with Crippen LogP contribution in [-0.2, 0) is 9.59 Å². The molecule has 0 aliphatic heterocycles. The summed E-state index contributed by atoms with van der Waals surface area (Å²) in [5.74, 6) is -4.03. The smallest absolute Gasteiger partial charge is 0.326 e. The molecular formula is C14H16FNO5. The van der Waals surface area contributed by atoms with Crippen molar-refractivity contribution in [1.82, 2.24) is 4.90 Å². The van der Waals surface area contributed by atoms with Gasteiger partial charge < -0.3 is 15.1 Å². The molecule has 114 valence electrons. The number of carboxylic acid groups (broad SMARTS) is 2. The van der Waals surface area contributed by atoms with Gasteiger partial charge in [0.15, 0.2) is 0 Å². The van der Waals surface area contributed by atoms with E-state index in [-0.39, 0.29) is 18.5 Å². The van der Waals surface area contributed by atoms with E-state index in [2.05, 4.69) is 0 Å². The lowest BCUT2D eigenvalue weighted by atomic mass is 10.1. The quantitative estimate of drug-likeness (QED) is 0.797. The second kappa shape index (κ2) is 7.37. The SMILES string of the molecule is CCC(C(=O)O)N(CCC(=O)O)C(=O)c1ccccc1F. The summed E-state index contributed by atoms with van der Waals surface area (Å²) in [4.78, 5) is 35.0. The van der Waals surface area contributed by atoms with E-state index in [1.807, 2.05) is 0 Å². The molecule has 0 aromatic heterocycles. The molecule has 1 atom stereocenters. The average molecular weight is 297 g/mol. The maximum absolute atomic E-state index is 13.7. The minimum absolute atomic E-state index is 0.0924. The molecule has 0 heterocycles. The van der Waals surface area contributed by atoms with Crippen LogP contribution in [0.15, 0.2) is 24.3 Å². The third-order valence-electron chi connectivity index (χ3n) is 2.98. The Morgan fingerprint density at radius 3 is 2.33 bits per heavy atom. The van der Waals surface area contributed by atoms with Crippen molar-refractivity contribution in [2.45, 2.75) is 25.8 Å². The first kappa shape index (κ1) is 16.6. The topological polar surface area (TPSA) is 94.9 Å². The Hall–Kier alpha value is -2.44. The van der Waals surface area contributed by atoms with Crippen molar-refractivity contribution in [2.24, 2.45) is 0 Å². The summed E-state index contributed by atoms with van der Waals surface area (Å²) in [6.45, 7) is 1.26. The van der Waals surface area contributed by atoms with E-state index in [1.165, 1.54) is 18.2 Å². The van der Waals surface area contributed by atoms with Crippen molar-refractivity contribution in [3.63, 3.8) is 0 Å². The highest BCUT2D eigenvalue weighted by Crippen LogP contribution is 2.15. The molecule has 1 aromatic rings. The fourth-order valence-electron chi connectivity index (χ4n) is 1.93. The van der Waals surface area contributed by atoms with Crippen LogP contribution in [0.4, 0.5) is 4.39 Å². The third-order valence-corrected chi connectivity index (χ3v) is 2.98. The predicted octanol–water partition coefficient (Wildman–Crippen LogP) is 1.61. The molecule has 1 aromatic carbocycles. The second-order valence-electron chi connectivity index (χ2n) is 4.38. The van der Waals surface area contributed by atoms with Crippen LogP contribution in [0.25, 0.3) is 0 Å². The molecular weight excluding hydrogens is 281 g/mol. The van der Waals surface area contributed by atoms with Gasteiger partial charge >= 0.3 is 11.9 Å². The van der Waals surface area contributed by atoms with E-state index < -0.39 is 36.1 Å². The monoisotopic (exact) mass is 297 g/mol. The van der Waals surface area contributed by atoms with Gasteiger partial charge in [0, 0.05) is 6.54 Å².